The molecule has 2 rings (SSSR count). The first-order valence-electron chi connectivity index (χ1n) is 6.33. The van der Waals surface area contributed by atoms with Crippen molar-refractivity contribution in [2.45, 2.75) is 18.9 Å². The number of rotatable bonds is 5. The molecule has 0 saturated heterocycles. The Hall–Kier alpha value is -1.58. The molecule has 0 aliphatic rings. The third-order valence-corrected chi connectivity index (χ3v) is 3.28. The van der Waals surface area contributed by atoms with E-state index in [0.717, 1.165) is 5.56 Å². The molecule has 1 N–H and O–H groups in total. The van der Waals surface area contributed by atoms with Crippen LogP contribution in [0, 0.1) is 5.82 Å². The van der Waals surface area contributed by atoms with Gasteiger partial charge in [-0.2, -0.15) is 0 Å². The highest BCUT2D eigenvalue weighted by Gasteiger charge is 2.22. The Morgan fingerprint density at radius 1 is 1.15 bits per heavy atom. The van der Waals surface area contributed by atoms with E-state index in [1.165, 1.54) is 12.1 Å². The molecule has 0 heterocycles. The van der Waals surface area contributed by atoms with Crippen LogP contribution >= 0.6 is 11.6 Å². The van der Waals surface area contributed by atoms with Crippen LogP contribution in [0.1, 0.15) is 18.9 Å². The molecule has 106 valence electrons. The second kappa shape index (κ2) is 6.25. The van der Waals surface area contributed by atoms with Gasteiger partial charge >= 0.3 is 0 Å². The summed E-state index contributed by atoms with van der Waals surface area (Å²) < 4.78 is 18.5. The first kappa shape index (κ1) is 14.8. The normalized spacial score (nSPS) is 13.8. The minimum absolute atomic E-state index is 0.309. The van der Waals surface area contributed by atoms with Crippen molar-refractivity contribution in [1.29, 1.82) is 0 Å². The molecule has 1 atom stereocenters. The molecule has 0 saturated carbocycles. The number of benzene rings is 2. The van der Waals surface area contributed by atoms with Crippen molar-refractivity contribution in [3.8, 4) is 11.5 Å². The van der Waals surface area contributed by atoms with Crippen molar-refractivity contribution < 1.29 is 14.2 Å². The summed E-state index contributed by atoms with van der Waals surface area (Å²) in [5.41, 5.74) is -0.262. The van der Waals surface area contributed by atoms with Crippen LogP contribution in [0.15, 0.2) is 48.5 Å². The van der Waals surface area contributed by atoms with Gasteiger partial charge in [-0.05, 0) is 55.3 Å². The lowest BCUT2D eigenvalue weighted by atomic mass is 9.93. The first-order valence-corrected chi connectivity index (χ1v) is 6.87. The predicted molar refractivity (Wildman–Crippen MR) is 77.8 cm³/mol. The highest BCUT2D eigenvalue weighted by Crippen LogP contribution is 2.29. The maximum atomic E-state index is 12.8. The average molecular weight is 295 g/mol. The monoisotopic (exact) mass is 294 g/mol. The van der Waals surface area contributed by atoms with Gasteiger partial charge in [-0.3, -0.25) is 0 Å². The standard InChI is InChI=1S/C16H16ClFO2/c1-16(19,9-10-17)12-3-2-4-15(11-12)20-14-7-5-13(18)6-8-14/h2-8,11,19H,9-10H2,1H3. The summed E-state index contributed by atoms with van der Waals surface area (Å²) >= 11 is 5.69. The van der Waals surface area contributed by atoms with Gasteiger partial charge in [0.2, 0.25) is 0 Å². The van der Waals surface area contributed by atoms with E-state index in [-0.39, 0.29) is 5.82 Å². The van der Waals surface area contributed by atoms with Crippen LogP contribution in [0.3, 0.4) is 0 Å². The van der Waals surface area contributed by atoms with Crippen LogP contribution in [0.4, 0.5) is 4.39 Å². The molecule has 0 spiro atoms. The zero-order valence-electron chi connectivity index (χ0n) is 11.1. The molecule has 0 fully saturated rings. The van der Waals surface area contributed by atoms with E-state index in [4.69, 9.17) is 16.3 Å². The van der Waals surface area contributed by atoms with Gasteiger partial charge in [-0.1, -0.05) is 12.1 Å². The van der Waals surface area contributed by atoms with Gasteiger partial charge < -0.3 is 9.84 Å². The van der Waals surface area contributed by atoms with E-state index in [0.29, 0.717) is 23.8 Å². The van der Waals surface area contributed by atoms with Gasteiger partial charge in [-0.25, -0.2) is 4.39 Å². The Kier molecular flexibility index (Phi) is 4.63. The maximum absolute atomic E-state index is 12.8. The number of alkyl halides is 1. The van der Waals surface area contributed by atoms with Crippen LogP contribution in [0.5, 0.6) is 11.5 Å². The summed E-state index contributed by atoms with van der Waals surface area (Å²) in [6, 6.07) is 12.9. The highest BCUT2D eigenvalue weighted by atomic mass is 35.5. The zero-order chi connectivity index (χ0) is 14.6. The summed E-state index contributed by atoms with van der Waals surface area (Å²) in [7, 11) is 0. The summed E-state index contributed by atoms with van der Waals surface area (Å²) in [4.78, 5) is 0. The smallest absolute Gasteiger partial charge is 0.127 e. The number of hydrogen-bond acceptors (Lipinski definition) is 2. The average Bonchev–Trinajstić information content (AvgIpc) is 2.42. The van der Waals surface area contributed by atoms with Crippen molar-refractivity contribution in [1.82, 2.24) is 0 Å². The molecule has 0 aliphatic heterocycles. The van der Waals surface area contributed by atoms with E-state index in [2.05, 4.69) is 0 Å². The molecule has 2 aromatic rings. The second-order valence-corrected chi connectivity index (χ2v) is 5.17. The number of aliphatic hydroxyl groups is 1. The van der Waals surface area contributed by atoms with Gasteiger partial charge in [0.05, 0.1) is 5.60 Å². The largest absolute Gasteiger partial charge is 0.457 e. The van der Waals surface area contributed by atoms with Gasteiger partial charge in [0.15, 0.2) is 0 Å². The maximum Gasteiger partial charge on any atom is 0.127 e. The Balaban J connectivity index is 2.19. The van der Waals surface area contributed by atoms with E-state index in [1.54, 1.807) is 37.3 Å². The van der Waals surface area contributed by atoms with Crippen molar-refractivity contribution in [2.24, 2.45) is 0 Å². The molecule has 2 nitrogen and oxygen atoms in total. The fraction of sp³-hybridized carbons (Fsp3) is 0.250. The molecule has 20 heavy (non-hydrogen) atoms. The molecule has 1 unspecified atom stereocenters. The van der Waals surface area contributed by atoms with Crippen molar-refractivity contribution >= 4 is 11.6 Å². The Bertz CT molecular complexity index is 567. The van der Waals surface area contributed by atoms with Crippen LogP contribution in [-0.4, -0.2) is 11.0 Å². The van der Waals surface area contributed by atoms with Crippen LogP contribution < -0.4 is 4.74 Å². The number of hydrogen-bond donors (Lipinski definition) is 1. The lowest BCUT2D eigenvalue weighted by Gasteiger charge is -2.23. The molecule has 0 bridgehead atoms. The minimum atomic E-state index is -0.996. The molecule has 0 aliphatic carbocycles. The lowest BCUT2D eigenvalue weighted by Crippen LogP contribution is -2.21. The Labute approximate surface area is 122 Å². The minimum Gasteiger partial charge on any atom is -0.457 e. The van der Waals surface area contributed by atoms with Crippen molar-refractivity contribution in [2.75, 3.05) is 5.88 Å². The molecule has 0 amide bonds. The van der Waals surface area contributed by atoms with Crippen LogP contribution in [0.2, 0.25) is 0 Å². The van der Waals surface area contributed by atoms with E-state index in [9.17, 15) is 9.50 Å². The van der Waals surface area contributed by atoms with E-state index >= 15 is 0 Å². The van der Waals surface area contributed by atoms with Crippen molar-refractivity contribution in [3.05, 3.63) is 59.9 Å². The quantitative estimate of drug-likeness (QED) is 0.825. The SMILES string of the molecule is CC(O)(CCCl)c1cccc(Oc2ccc(F)cc2)c1. The Morgan fingerprint density at radius 2 is 1.85 bits per heavy atom. The van der Waals surface area contributed by atoms with Gasteiger partial charge in [0.25, 0.3) is 0 Å². The summed E-state index contributed by atoms with van der Waals surface area (Å²) in [5, 5.41) is 10.3. The molecule has 2 aromatic carbocycles. The Morgan fingerprint density at radius 3 is 2.50 bits per heavy atom. The molecular formula is C16H16ClFO2. The van der Waals surface area contributed by atoms with Crippen LogP contribution in [0.25, 0.3) is 0 Å². The molecule has 0 radical (unpaired) electrons. The fourth-order valence-electron chi connectivity index (χ4n) is 1.86. The third kappa shape index (κ3) is 3.71. The lowest BCUT2D eigenvalue weighted by molar-refractivity contribution is 0.0538. The summed E-state index contributed by atoms with van der Waals surface area (Å²) in [5.74, 6) is 1.19. The first-order chi connectivity index (χ1) is 9.51. The molecular weight excluding hydrogens is 279 g/mol. The number of ether oxygens (including phenoxy) is 1. The highest BCUT2D eigenvalue weighted by molar-refractivity contribution is 6.17. The van der Waals surface area contributed by atoms with Gasteiger partial charge in [-0.15, -0.1) is 11.6 Å². The van der Waals surface area contributed by atoms with E-state index in [1.807, 2.05) is 6.07 Å². The predicted octanol–water partition coefficient (Wildman–Crippen LogP) is 4.45. The van der Waals surface area contributed by atoms with Gasteiger partial charge in [0, 0.05) is 5.88 Å². The third-order valence-electron chi connectivity index (χ3n) is 3.09. The zero-order valence-corrected chi connectivity index (χ0v) is 11.9. The van der Waals surface area contributed by atoms with Crippen LogP contribution in [-0.2, 0) is 5.60 Å². The van der Waals surface area contributed by atoms with Crippen molar-refractivity contribution in [3.63, 3.8) is 0 Å². The summed E-state index contributed by atoms with van der Waals surface area (Å²) in [6.45, 7) is 1.71. The number of halogens is 2. The second-order valence-electron chi connectivity index (χ2n) is 4.80. The topological polar surface area (TPSA) is 29.5 Å². The van der Waals surface area contributed by atoms with E-state index < -0.39 is 5.60 Å². The molecule has 4 heteroatoms. The fourth-order valence-corrected chi connectivity index (χ4v) is 2.23. The molecule has 0 aromatic heterocycles. The van der Waals surface area contributed by atoms with Gasteiger partial charge in [0.1, 0.15) is 17.3 Å². The summed E-state index contributed by atoms with van der Waals surface area (Å²) in [6.07, 6.45) is 0.453.